The first-order valence-corrected chi connectivity index (χ1v) is 9.80. The van der Waals surface area contributed by atoms with Crippen molar-refractivity contribution in [3.05, 3.63) is 40.8 Å². The summed E-state index contributed by atoms with van der Waals surface area (Å²) >= 11 is 0. The molecule has 0 spiro atoms. The molecule has 2 aliphatic rings. The van der Waals surface area contributed by atoms with Gasteiger partial charge in [-0.3, -0.25) is 0 Å². The Kier molecular flexibility index (Phi) is 5.46. The molecular weight excluding hydrogens is 399 g/mol. The summed E-state index contributed by atoms with van der Waals surface area (Å²) in [5.41, 5.74) is 1.69. The van der Waals surface area contributed by atoms with Gasteiger partial charge in [0.05, 0.1) is 24.4 Å². The zero-order valence-corrected chi connectivity index (χ0v) is 16.9. The number of aliphatic hydroxyl groups is 1. The van der Waals surface area contributed by atoms with Crippen molar-refractivity contribution in [2.24, 2.45) is 0 Å². The first-order chi connectivity index (χ1) is 14.2. The molecule has 10 heteroatoms. The lowest BCUT2D eigenvalue weighted by Gasteiger charge is -2.39. The third-order valence-corrected chi connectivity index (χ3v) is 5.72. The zero-order chi connectivity index (χ0) is 21.6. The number of halogens is 3. The Balaban J connectivity index is 1.33. The molecule has 4 rings (SSSR count). The summed E-state index contributed by atoms with van der Waals surface area (Å²) < 4.78 is 45.2. The summed E-state index contributed by atoms with van der Waals surface area (Å²) in [6.07, 6.45) is 0.608. The number of benzene rings is 1. The van der Waals surface area contributed by atoms with Gasteiger partial charge in [-0.15, -0.1) is 0 Å². The van der Waals surface area contributed by atoms with E-state index in [2.05, 4.69) is 20.6 Å². The van der Waals surface area contributed by atoms with Crippen molar-refractivity contribution in [3.63, 3.8) is 0 Å². The Bertz CT molecular complexity index is 931. The van der Waals surface area contributed by atoms with Crippen LogP contribution in [0.3, 0.4) is 0 Å². The first kappa shape index (κ1) is 20.7. The largest absolute Gasteiger partial charge is 0.373 e. The first-order valence-electron chi connectivity index (χ1n) is 9.80. The molecule has 2 aromatic rings. The molecule has 1 aliphatic carbocycles. The Hall–Kier alpha value is -2.59. The van der Waals surface area contributed by atoms with Crippen molar-refractivity contribution in [1.82, 2.24) is 9.97 Å². The van der Waals surface area contributed by atoms with Crippen molar-refractivity contribution < 1.29 is 23.0 Å². The van der Waals surface area contributed by atoms with Crippen LogP contribution in [0.4, 0.5) is 30.6 Å². The number of rotatable bonds is 5. The molecule has 0 saturated heterocycles. The topological polar surface area (TPSA) is 82.5 Å². The molecule has 1 aromatic carbocycles. The second-order valence-electron chi connectivity index (χ2n) is 7.89. The minimum atomic E-state index is -1.48. The van der Waals surface area contributed by atoms with E-state index in [0.717, 1.165) is 23.6 Å². The van der Waals surface area contributed by atoms with Gasteiger partial charge in [0.25, 0.3) is 0 Å². The average Bonchev–Trinajstić information content (AvgIpc) is 2.67. The van der Waals surface area contributed by atoms with E-state index in [1.807, 2.05) is 25.8 Å². The molecule has 7 nitrogen and oxygen atoms in total. The Morgan fingerprint density at radius 3 is 2.57 bits per heavy atom. The van der Waals surface area contributed by atoms with Gasteiger partial charge in [0.15, 0.2) is 23.3 Å². The number of anilines is 3. The molecule has 0 radical (unpaired) electrons. The van der Waals surface area contributed by atoms with Crippen LogP contribution in [-0.2, 0) is 11.3 Å². The summed E-state index contributed by atoms with van der Waals surface area (Å²) in [4.78, 5) is 11.0. The number of aryl methyl sites for hydroxylation is 1. The van der Waals surface area contributed by atoms with Gasteiger partial charge in [-0.05, 0) is 44.4 Å². The number of aromatic nitrogens is 2. The van der Waals surface area contributed by atoms with E-state index < -0.39 is 23.7 Å². The maximum absolute atomic E-state index is 13.3. The summed E-state index contributed by atoms with van der Waals surface area (Å²) in [7, 11) is 1.87. The van der Waals surface area contributed by atoms with Crippen LogP contribution in [0.1, 0.15) is 31.0 Å². The lowest BCUT2D eigenvalue weighted by Crippen LogP contribution is -2.48. The van der Waals surface area contributed by atoms with Gasteiger partial charge in [-0.25, -0.2) is 18.2 Å². The number of nitrogens with one attached hydrogen (secondary N) is 2. The minimum absolute atomic E-state index is 0.0106. The van der Waals surface area contributed by atoms with E-state index in [-0.39, 0.29) is 30.4 Å². The molecule has 3 N–H and O–H groups in total. The van der Waals surface area contributed by atoms with E-state index in [1.165, 1.54) is 0 Å². The third kappa shape index (κ3) is 3.89. The molecule has 1 aromatic heterocycles. The van der Waals surface area contributed by atoms with Crippen LogP contribution in [0.2, 0.25) is 0 Å². The van der Waals surface area contributed by atoms with Gasteiger partial charge in [-0.2, -0.15) is 4.98 Å². The van der Waals surface area contributed by atoms with E-state index in [9.17, 15) is 18.3 Å². The maximum atomic E-state index is 13.3. The van der Waals surface area contributed by atoms with Crippen molar-refractivity contribution >= 4 is 17.5 Å². The minimum Gasteiger partial charge on any atom is -0.373 e. The van der Waals surface area contributed by atoms with Gasteiger partial charge in [0.1, 0.15) is 11.9 Å². The summed E-state index contributed by atoms with van der Waals surface area (Å²) in [6, 6.07) is 1.86. The Morgan fingerprint density at radius 1 is 1.23 bits per heavy atom. The van der Waals surface area contributed by atoms with E-state index >= 15 is 0 Å². The molecule has 2 heterocycles. The summed E-state index contributed by atoms with van der Waals surface area (Å²) in [5, 5.41) is 16.4. The van der Waals surface area contributed by atoms with E-state index in [4.69, 9.17) is 4.74 Å². The zero-order valence-electron chi connectivity index (χ0n) is 16.9. The van der Waals surface area contributed by atoms with Crippen LogP contribution in [-0.4, -0.2) is 46.5 Å². The number of fused-ring (bicyclic) bond motifs is 1. The molecule has 0 amide bonds. The average molecular weight is 423 g/mol. The second kappa shape index (κ2) is 7.92. The molecular formula is C20H24F3N5O2. The van der Waals surface area contributed by atoms with Gasteiger partial charge in [0.2, 0.25) is 5.95 Å². The highest BCUT2D eigenvalue weighted by atomic mass is 19.2. The molecule has 1 unspecified atom stereocenters. The summed E-state index contributed by atoms with van der Waals surface area (Å²) in [5.74, 6) is -2.70. The monoisotopic (exact) mass is 423 g/mol. The maximum Gasteiger partial charge on any atom is 0.225 e. The van der Waals surface area contributed by atoms with Gasteiger partial charge >= 0.3 is 0 Å². The van der Waals surface area contributed by atoms with Gasteiger partial charge in [-0.1, -0.05) is 0 Å². The predicted octanol–water partition coefficient (Wildman–Crippen LogP) is 2.93. The molecule has 30 heavy (non-hydrogen) atoms. The smallest absolute Gasteiger partial charge is 0.225 e. The van der Waals surface area contributed by atoms with Crippen LogP contribution < -0.4 is 15.5 Å². The molecule has 1 aliphatic heterocycles. The van der Waals surface area contributed by atoms with Gasteiger partial charge < -0.3 is 25.4 Å². The highest BCUT2D eigenvalue weighted by molar-refractivity contribution is 5.72. The fourth-order valence-electron chi connectivity index (χ4n) is 3.63. The molecule has 2 atom stereocenters. The van der Waals surface area contributed by atoms with Crippen LogP contribution >= 0.6 is 0 Å². The molecule has 162 valence electrons. The predicted molar refractivity (Wildman–Crippen MR) is 106 cm³/mol. The summed E-state index contributed by atoms with van der Waals surface area (Å²) in [6.45, 7) is 3.76. The van der Waals surface area contributed by atoms with Crippen molar-refractivity contribution in [2.75, 3.05) is 22.6 Å². The molecule has 1 fully saturated rings. The number of hydrogen-bond donors (Lipinski definition) is 3. The normalized spacial score (nSPS) is 25.4. The molecule has 0 bridgehead atoms. The SMILES string of the molecule is Cc1nc(NC2CC(OCc3cc(F)c(F)c(F)c3)C2)nc2c1NC(O)[C@H](C)N2C. The van der Waals surface area contributed by atoms with Crippen molar-refractivity contribution in [3.8, 4) is 0 Å². The van der Waals surface area contributed by atoms with E-state index in [0.29, 0.717) is 24.5 Å². The van der Waals surface area contributed by atoms with Crippen LogP contribution in [0.15, 0.2) is 12.1 Å². The Morgan fingerprint density at radius 2 is 1.90 bits per heavy atom. The second-order valence-corrected chi connectivity index (χ2v) is 7.89. The standard InChI is InChI=1S/C20H24F3N5O2/c1-9-17-18(28(3)10(2)19(29)26-17)27-20(24-9)25-12-6-13(7-12)30-8-11-4-14(21)16(23)15(22)5-11/h4-5,10,12-13,19,26,29H,6-8H2,1-3H3,(H,24,25,27)/t10-,12?,13?,19?/m0/s1. The van der Waals surface area contributed by atoms with E-state index in [1.54, 1.807) is 0 Å². The number of likely N-dealkylation sites (N-methyl/N-ethyl adjacent to an activating group) is 1. The quantitative estimate of drug-likeness (QED) is 0.638. The van der Waals surface area contributed by atoms with Crippen LogP contribution in [0.25, 0.3) is 0 Å². The van der Waals surface area contributed by atoms with Crippen molar-refractivity contribution in [1.29, 1.82) is 0 Å². The van der Waals surface area contributed by atoms with Crippen LogP contribution in [0.5, 0.6) is 0 Å². The highest BCUT2D eigenvalue weighted by Gasteiger charge is 2.33. The highest BCUT2D eigenvalue weighted by Crippen LogP contribution is 2.34. The number of hydrogen-bond acceptors (Lipinski definition) is 7. The fourth-order valence-corrected chi connectivity index (χ4v) is 3.63. The van der Waals surface area contributed by atoms with Crippen LogP contribution in [0, 0.1) is 24.4 Å². The van der Waals surface area contributed by atoms with Crippen molar-refractivity contribution in [2.45, 2.75) is 57.7 Å². The fraction of sp³-hybridized carbons (Fsp3) is 0.500. The Labute approximate surface area is 172 Å². The lowest BCUT2D eigenvalue weighted by atomic mass is 9.89. The third-order valence-electron chi connectivity index (χ3n) is 5.72. The lowest BCUT2D eigenvalue weighted by molar-refractivity contribution is -0.0153. The molecule has 1 saturated carbocycles. The number of aliphatic hydroxyl groups excluding tert-OH is 1. The van der Waals surface area contributed by atoms with Gasteiger partial charge in [0, 0.05) is 13.1 Å². The number of ether oxygens (including phenoxy) is 1. The number of nitrogens with zero attached hydrogens (tertiary/aromatic N) is 3.